The van der Waals surface area contributed by atoms with Gasteiger partial charge in [-0.05, 0) is 48.0 Å². The van der Waals surface area contributed by atoms with Crippen LogP contribution in [0, 0.1) is 0 Å². The lowest BCUT2D eigenvalue weighted by molar-refractivity contribution is -0.124. The summed E-state index contributed by atoms with van der Waals surface area (Å²) in [6, 6.07) is 18.2. The molecule has 0 aromatic heterocycles. The SMILES string of the molecule is COc1ccc(C(=O)CCC(=O)N2c3ccc(S(N)(=O)=O)cc3NC(=O)C2c2ccccc2)cc1. The average Bonchev–Trinajstić information content (AvgIpc) is 2.85. The molecule has 0 fully saturated rings. The number of hydrogen-bond acceptors (Lipinski definition) is 6. The number of anilines is 2. The summed E-state index contributed by atoms with van der Waals surface area (Å²) >= 11 is 0. The van der Waals surface area contributed by atoms with E-state index in [1.165, 1.54) is 30.2 Å². The highest BCUT2D eigenvalue weighted by Gasteiger charge is 2.38. The molecule has 1 aliphatic rings. The summed E-state index contributed by atoms with van der Waals surface area (Å²) in [5, 5.41) is 7.90. The first-order chi connectivity index (χ1) is 16.7. The number of amides is 2. The maximum atomic E-state index is 13.4. The van der Waals surface area contributed by atoms with Gasteiger partial charge in [-0.3, -0.25) is 19.3 Å². The van der Waals surface area contributed by atoms with E-state index in [2.05, 4.69) is 5.32 Å². The zero-order chi connectivity index (χ0) is 25.2. The molecule has 180 valence electrons. The van der Waals surface area contributed by atoms with Crippen LogP contribution in [0.15, 0.2) is 77.7 Å². The van der Waals surface area contributed by atoms with E-state index >= 15 is 0 Å². The number of ether oxygens (including phenoxy) is 1. The molecule has 10 heteroatoms. The highest BCUT2D eigenvalue weighted by Crippen LogP contribution is 2.40. The van der Waals surface area contributed by atoms with Gasteiger partial charge in [-0.1, -0.05) is 30.3 Å². The summed E-state index contributed by atoms with van der Waals surface area (Å²) in [6.45, 7) is 0. The number of fused-ring (bicyclic) bond motifs is 1. The van der Waals surface area contributed by atoms with Gasteiger partial charge in [0.05, 0.1) is 23.4 Å². The van der Waals surface area contributed by atoms with Crippen LogP contribution < -0.4 is 20.1 Å². The van der Waals surface area contributed by atoms with Crippen molar-refractivity contribution >= 4 is 39.0 Å². The summed E-state index contributed by atoms with van der Waals surface area (Å²) in [6.07, 6.45) is -0.229. The van der Waals surface area contributed by atoms with Crippen molar-refractivity contribution < 1.29 is 27.5 Å². The number of hydrogen-bond donors (Lipinski definition) is 2. The van der Waals surface area contributed by atoms with Crippen LogP contribution in [0.4, 0.5) is 11.4 Å². The molecule has 35 heavy (non-hydrogen) atoms. The number of benzene rings is 3. The maximum absolute atomic E-state index is 13.4. The molecule has 1 unspecified atom stereocenters. The molecule has 0 spiro atoms. The van der Waals surface area contributed by atoms with Crippen LogP contribution in [-0.4, -0.2) is 33.1 Å². The summed E-state index contributed by atoms with van der Waals surface area (Å²) in [7, 11) is -2.50. The van der Waals surface area contributed by atoms with Gasteiger partial charge in [-0.2, -0.15) is 0 Å². The fourth-order valence-electron chi connectivity index (χ4n) is 3.94. The van der Waals surface area contributed by atoms with E-state index in [1.54, 1.807) is 54.6 Å². The van der Waals surface area contributed by atoms with Crippen molar-refractivity contribution in [2.75, 3.05) is 17.3 Å². The Labute approximate surface area is 202 Å². The third kappa shape index (κ3) is 5.08. The molecular weight excluding hydrogens is 470 g/mol. The highest BCUT2D eigenvalue weighted by atomic mass is 32.2. The minimum atomic E-state index is -4.02. The van der Waals surface area contributed by atoms with Crippen molar-refractivity contribution in [3.05, 3.63) is 83.9 Å². The third-order valence-electron chi connectivity index (χ3n) is 5.68. The Morgan fingerprint density at radius 2 is 1.69 bits per heavy atom. The quantitative estimate of drug-likeness (QED) is 0.486. The normalized spacial score (nSPS) is 15.2. The van der Waals surface area contributed by atoms with Crippen LogP contribution in [0.1, 0.15) is 34.8 Å². The summed E-state index contributed by atoms with van der Waals surface area (Å²) in [5.41, 5.74) is 1.46. The second-order valence-corrected chi connectivity index (χ2v) is 9.50. The first-order valence-electron chi connectivity index (χ1n) is 10.7. The molecule has 0 saturated carbocycles. The molecule has 4 rings (SSSR count). The predicted molar refractivity (Wildman–Crippen MR) is 130 cm³/mol. The minimum Gasteiger partial charge on any atom is -0.497 e. The van der Waals surface area contributed by atoms with Crippen LogP contribution in [0.25, 0.3) is 0 Å². The Morgan fingerprint density at radius 1 is 1.00 bits per heavy atom. The topological polar surface area (TPSA) is 136 Å². The molecule has 0 radical (unpaired) electrons. The summed E-state index contributed by atoms with van der Waals surface area (Å²) < 4.78 is 28.7. The highest BCUT2D eigenvalue weighted by molar-refractivity contribution is 7.89. The largest absolute Gasteiger partial charge is 0.497 e. The number of primary sulfonamides is 1. The molecule has 3 N–H and O–H groups in total. The Morgan fingerprint density at radius 3 is 2.31 bits per heavy atom. The number of carbonyl (C=O) groups excluding carboxylic acids is 3. The maximum Gasteiger partial charge on any atom is 0.252 e. The molecule has 0 aliphatic carbocycles. The summed E-state index contributed by atoms with van der Waals surface area (Å²) in [4.78, 5) is 40.3. The van der Waals surface area contributed by atoms with Gasteiger partial charge in [0.15, 0.2) is 5.78 Å². The van der Waals surface area contributed by atoms with Crippen molar-refractivity contribution in [1.82, 2.24) is 0 Å². The molecular formula is C25H23N3O6S. The standard InChI is InChI=1S/C25H23N3O6S/c1-34-18-9-7-16(8-10-18)22(29)13-14-23(30)28-21-12-11-19(35(26,32)33)15-20(21)27-25(31)24(28)17-5-3-2-4-6-17/h2-12,15,24H,13-14H2,1H3,(H,27,31)(H2,26,32,33). The van der Waals surface area contributed by atoms with Crippen LogP contribution >= 0.6 is 0 Å². The lowest BCUT2D eigenvalue weighted by Gasteiger charge is -2.37. The van der Waals surface area contributed by atoms with E-state index in [9.17, 15) is 22.8 Å². The van der Waals surface area contributed by atoms with E-state index in [-0.39, 0.29) is 29.2 Å². The second-order valence-electron chi connectivity index (χ2n) is 7.94. The zero-order valence-electron chi connectivity index (χ0n) is 18.8. The fraction of sp³-hybridized carbons (Fsp3) is 0.160. The van der Waals surface area contributed by atoms with Crippen LogP contribution in [0.5, 0.6) is 5.75 Å². The molecule has 3 aromatic rings. The van der Waals surface area contributed by atoms with E-state index in [4.69, 9.17) is 9.88 Å². The molecule has 2 amide bonds. The van der Waals surface area contributed by atoms with Gasteiger partial charge in [0.25, 0.3) is 5.91 Å². The molecule has 1 heterocycles. The lowest BCUT2D eigenvalue weighted by Crippen LogP contribution is -2.45. The number of rotatable bonds is 7. The van der Waals surface area contributed by atoms with Crippen molar-refractivity contribution in [2.24, 2.45) is 5.14 Å². The average molecular weight is 494 g/mol. The molecule has 9 nitrogen and oxygen atoms in total. The van der Waals surface area contributed by atoms with Crippen molar-refractivity contribution in [1.29, 1.82) is 0 Å². The van der Waals surface area contributed by atoms with Gasteiger partial charge in [-0.25, -0.2) is 13.6 Å². The number of nitrogens with zero attached hydrogens (tertiary/aromatic N) is 1. The third-order valence-corrected chi connectivity index (χ3v) is 6.59. The van der Waals surface area contributed by atoms with Crippen LogP contribution in [0.2, 0.25) is 0 Å². The number of sulfonamides is 1. The van der Waals surface area contributed by atoms with E-state index < -0.39 is 27.9 Å². The number of nitrogens with one attached hydrogen (secondary N) is 1. The number of nitrogens with two attached hydrogens (primary N) is 1. The Bertz CT molecular complexity index is 1390. The van der Waals surface area contributed by atoms with E-state index in [0.717, 1.165) is 0 Å². The summed E-state index contributed by atoms with van der Waals surface area (Å²) in [5.74, 6) is -0.591. The molecule has 1 atom stereocenters. The predicted octanol–water partition coefficient (Wildman–Crippen LogP) is 3.03. The Kier molecular flexibility index (Phi) is 6.68. The Balaban J connectivity index is 1.66. The van der Waals surface area contributed by atoms with Crippen molar-refractivity contribution in [2.45, 2.75) is 23.8 Å². The van der Waals surface area contributed by atoms with E-state index in [0.29, 0.717) is 22.6 Å². The van der Waals surface area contributed by atoms with Gasteiger partial charge in [-0.15, -0.1) is 0 Å². The van der Waals surface area contributed by atoms with Gasteiger partial charge < -0.3 is 10.1 Å². The molecule has 1 aliphatic heterocycles. The monoisotopic (exact) mass is 493 g/mol. The second kappa shape index (κ2) is 9.69. The minimum absolute atomic E-state index is 0.0740. The van der Waals surface area contributed by atoms with Gasteiger partial charge in [0, 0.05) is 18.4 Å². The number of methoxy groups -OCH3 is 1. The molecule has 0 bridgehead atoms. The zero-order valence-corrected chi connectivity index (χ0v) is 19.6. The number of Topliss-reactive ketones (excluding diaryl/α,β-unsaturated/α-hetero) is 1. The van der Waals surface area contributed by atoms with Crippen LogP contribution in [0.3, 0.4) is 0 Å². The van der Waals surface area contributed by atoms with Gasteiger partial charge in [0.1, 0.15) is 11.8 Å². The number of carbonyl (C=O) groups is 3. The molecule has 0 saturated heterocycles. The van der Waals surface area contributed by atoms with Crippen molar-refractivity contribution in [3.8, 4) is 5.75 Å². The Hall–Kier alpha value is -4.02. The van der Waals surface area contributed by atoms with Gasteiger partial charge >= 0.3 is 0 Å². The molecule has 3 aromatic carbocycles. The smallest absolute Gasteiger partial charge is 0.252 e. The first-order valence-corrected chi connectivity index (χ1v) is 12.3. The van der Waals surface area contributed by atoms with E-state index in [1.807, 2.05) is 0 Å². The van der Waals surface area contributed by atoms with Crippen molar-refractivity contribution in [3.63, 3.8) is 0 Å². The first kappa shape index (κ1) is 24.1. The fourth-order valence-corrected chi connectivity index (χ4v) is 4.48. The lowest BCUT2D eigenvalue weighted by atomic mass is 9.98. The van der Waals surface area contributed by atoms with Crippen LogP contribution in [-0.2, 0) is 19.6 Å². The van der Waals surface area contributed by atoms with Gasteiger partial charge in [0.2, 0.25) is 15.9 Å². The number of ketones is 1.